The molecule has 3 aliphatic heterocycles. The molecular weight excluding hydrogens is 1030 g/mol. The van der Waals surface area contributed by atoms with Crippen molar-refractivity contribution in [1.29, 1.82) is 0 Å². The number of aryl methyl sites for hydroxylation is 2. The van der Waals surface area contributed by atoms with Gasteiger partial charge in [0.15, 0.2) is 0 Å². The maximum absolute atomic E-state index is 15.0. The van der Waals surface area contributed by atoms with Crippen LogP contribution in [0.5, 0.6) is 0 Å². The lowest BCUT2D eigenvalue weighted by molar-refractivity contribution is -0.143. The SMILES string of the molecule is CN[C@@H](C)C(=O)N[C@H](C(=O)N1C[C@@H](NC(=O)C2=CN=C(C(=O)N[C@H]3C[C@@H](C(=O)N[C@@H]4CCCc5ccccc54)N(C(=O)[C@@H](NC(=O)[C@H](C)NC)C4CCCCC4)C3)CN2C)C[C@H]1C(=O)N[C@@H]1CCCc2ccccc21)C1CCCCC1. The number of carbonyl (C=O) groups is 8. The molecule has 2 aromatic rings. The summed E-state index contributed by atoms with van der Waals surface area (Å²) in [5.41, 5.74) is 4.76. The van der Waals surface area contributed by atoms with Gasteiger partial charge in [0.2, 0.25) is 35.4 Å². The van der Waals surface area contributed by atoms with E-state index in [1.54, 1.807) is 49.7 Å². The van der Waals surface area contributed by atoms with Gasteiger partial charge in [0, 0.05) is 32.2 Å². The first kappa shape index (κ1) is 59.0. The summed E-state index contributed by atoms with van der Waals surface area (Å²) in [4.78, 5) is 124. The molecule has 8 amide bonds. The fourth-order valence-corrected chi connectivity index (χ4v) is 13.6. The Hall–Kier alpha value is -6.67. The molecule has 10 atom stereocenters. The number of rotatable bonds is 18. The van der Waals surface area contributed by atoms with Crippen molar-refractivity contribution in [2.45, 2.75) is 190 Å². The van der Waals surface area contributed by atoms with Crippen molar-refractivity contribution in [3.05, 3.63) is 82.7 Å². The maximum atomic E-state index is 15.0. The van der Waals surface area contributed by atoms with Crippen LogP contribution < -0.4 is 42.5 Å². The van der Waals surface area contributed by atoms with Gasteiger partial charge in [-0.15, -0.1) is 0 Å². The monoisotopic (exact) mass is 1110 g/mol. The summed E-state index contributed by atoms with van der Waals surface area (Å²) >= 11 is 0. The van der Waals surface area contributed by atoms with Gasteiger partial charge >= 0.3 is 0 Å². The van der Waals surface area contributed by atoms with E-state index in [4.69, 9.17) is 0 Å². The summed E-state index contributed by atoms with van der Waals surface area (Å²) in [7, 11) is 5.05. The minimum absolute atomic E-state index is 0.0356. The molecule has 20 heteroatoms. The Morgan fingerprint density at radius 3 is 1.41 bits per heavy atom. The Morgan fingerprint density at radius 1 is 0.543 bits per heavy atom. The third-order valence-corrected chi connectivity index (χ3v) is 18.5. The molecule has 4 aliphatic carbocycles. The van der Waals surface area contributed by atoms with E-state index in [9.17, 15) is 38.4 Å². The first-order valence-corrected chi connectivity index (χ1v) is 30.0. The molecule has 0 unspecified atom stereocenters. The van der Waals surface area contributed by atoms with Gasteiger partial charge in [-0.25, -0.2) is 0 Å². The second-order valence-electron chi connectivity index (χ2n) is 23.9. The van der Waals surface area contributed by atoms with Crippen molar-refractivity contribution >= 4 is 53.0 Å². The van der Waals surface area contributed by atoms with Crippen LogP contribution in [0.25, 0.3) is 0 Å². The number of aliphatic imine (C=N–C) groups is 1. The Bertz CT molecular complexity index is 2720. The highest BCUT2D eigenvalue weighted by molar-refractivity contribution is 6.40. The van der Waals surface area contributed by atoms with Crippen LogP contribution in [0.15, 0.2) is 65.4 Å². The number of amides is 8. The van der Waals surface area contributed by atoms with Gasteiger partial charge in [0.25, 0.3) is 11.8 Å². The van der Waals surface area contributed by atoms with Crippen molar-refractivity contribution in [2.24, 2.45) is 16.8 Å². The fraction of sp³-hybridized carbons (Fsp3) is 0.623. The molecule has 8 N–H and O–H groups in total. The van der Waals surface area contributed by atoms with Crippen molar-refractivity contribution in [2.75, 3.05) is 40.8 Å². The summed E-state index contributed by atoms with van der Waals surface area (Å²) in [6.45, 7) is 3.50. The third-order valence-electron chi connectivity index (χ3n) is 18.5. The minimum Gasteiger partial charge on any atom is -0.363 e. The molecule has 0 radical (unpaired) electrons. The molecule has 20 nitrogen and oxygen atoms in total. The van der Waals surface area contributed by atoms with E-state index >= 15 is 0 Å². The standard InChI is InChI=1S/C61H86N12O8/c1-36(62-3)54(74)69-52(40-20-8-6-9-21-40)60(80)72-33-42(30-49(72)57(77)67-46-28-16-24-38-18-12-14-26-44(38)46)65-56(76)48-35-71(5)51(32-64-48)59(79)66-43-31-50(58(78)68-47-29-17-25-39-19-13-15-27-45(39)47)73(34-43)61(81)53(41-22-10-7-11-23-41)70-55(75)37(2)63-4/h12-15,18-19,26-27,32,36-37,40-43,46-47,49-50,52-53,62-63H,6-11,16-17,20-25,28-31,33-35H2,1-5H3,(H,65,76)(H,66,79)(H,67,77)(H,68,78)(H,69,74)(H,70,75)/t36-,37-,42-,43-,46+,47+,49-,50-,52-,53-/m0/s1. The van der Waals surface area contributed by atoms with Crippen molar-refractivity contribution in [3.8, 4) is 0 Å². The van der Waals surface area contributed by atoms with Gasteiger partial charge in [0.1, 0.15) is 35.6 Å². The van der Waals surface area contributed by atoms with E-state index in [1.165, 1.54) is 17.3 Å². The van der Waals surface area contributed by atoms with Gasteiger partial charge in [0.05, 0.1) is 36.9 Å². The summed E-state index contributed by atoms with van der Waals surface area (Å²) in [6.07, 6.45) is 15.6. The Balaban J connectivity index is 0.907. The van der Waals surface area contributed by atoms with Crippen LogP contribution in [0.4, 0.5) is 0 Å². The summed E-state index contributed by atoms with van der Waals surface area (Å²) in [5, 5.41) is 24.7. The van der Waals surface area contributed by atoms with Crippen molar-refractivity contribution in [3.63, 3.8) is 0 Å². The van der Waals surface area contributed by atoms with E-state index in [2.05, 4.69) is 59.7 Å². The normalized spacial score (nSPS) is 25.6. The third kappa shape index (κ3) is 13.8. The van der Waals surface area contributed by atoms with Crippen LogP contribution >= 0.6 is 0 Å². The van der Waals surface area contributed by atoms with Crippen LogP contribution in [0.1, 0.15) is 151 Å². The van der Waals surface area contributed by atoms with Gasteiger partial charge in [-0.05, 0) is 139 Å². The van der Waals surface area contributed by atoms with E-state index in [-0.39, 0.29) is 103 Å². The van der Waals surface area contributed by atoms with E-state index in [0.717, 1.165) is 114 Å². The number of benzene rings is 2. The van der Waals surface area contributed by atoms with E-state index < -0.39 is 60.1 Å². The molecule has 0 bridgehead atoms. The molecule has 0 spiro atoms. The lowest BCUT2D eigenvalue weighted by Crippen LogP contribution is -2.58. The van der Waals surface area contributed by atoms with Crippen LogP contribution in [-0.4, -0.2) is 157 Å². The highest BCUT2D eigenvalue weighted by Crippen LogP contribution is 2.35. The predicted molar refractivity (Wildman–Crippen MR) is 307 cm³/mol. The van der Waals surface area contributed by atoms with Crippen LogP contribution in [-0.2, 0) is 51.2 Å². The van der Waals surface area contributed by atoms with E-state index in [1.807, 2.05) is 36.4 Å². The van der Waals surface area contributed by atoms with Crippen LogP contribution in [0.3, 0.4) is 0 Å². The summed E-state index contributed by atoms with van der Waals surface area (Å²) in [5.74, 6) is -3.18. The number of nitrogens with one attached hydrogen (secondary N) is 8. The molecule has 438 valence electrons. The molecule has 9 rings (SSSR count). The quantitative estimate of drug-likeness (QED) is 0.108. The van der Waals surface area contributed by atoms with E-state index in [0.29, 0.717) is 0 Å². The molecule has 3 heterocycles. The maximum Gasteiger partial charge on any atom is 0.269 e. The Labute approximate surface area is 477 Å². The van der Waals surface area contributed by atoms with Gasteiger partial charge in [-0.2, -0.15) is 0 Å². The minimum atomic E-state index is -0.928. The average molecular weight is 1120 g/mol. The molecule has 2 saturated heterocycles. The number of fused-ring (bicyclic) bond motifs is 2. The second-order valence-corrected chi connectivity index (χ2v) is 23.9. The summed E-state index contributed by atoms with van der Waals surface area (Å²) < 4.78 is 0. The largest absolute Gasteiger partial charge is 0.363 e. The first-order chi connectivity index (χ1) is 39.1. The van der Waals surface area contributed by atoms with Gasteiger partial charge in [-0.1, -0.05) is 87.1 Å². The number of likely N-dealkylation sites (N-methyl/N-ethyl adjacent to an activating group) is 3. The zero-order valence-corrected chi connectivity index (χ0v) is 48.0. The first-order valence-electron chi connectivity index (χ1n) is 30.0. The lowest BCUT2D eigenvalue weighted by atomic mass is 9.83. The predicted octanol–water partition coefficient (Wildman–Crippen LogP) is 3.12. The number of hydrogen-bond donors (Lipinski definition) is 8. The topological polar surface area (TPSA) is 255 Å². The smallest absolute Gasteiger partial charge is 0.269 e. The van der Waals surface area contributed by atoms with Crippen LogP contribution in [0.2, 0.25) is 0 Å². The highest BCUT2D eigenvalue weighted by atomic mass is 16.2. The molecule has 81 heavy (non-hydrogen) atoms. The van der Waals surface area contributed by atoms with Crippen molar-refractivity contribution in [1.82, 2.24) is 57.2 Å². The lowest BCUT2D eigenvalue weighted by Gasteiger charge is -2.35. The highest BCUT2D eigenvalue weighted by Gasteiger charge is 2.48. The Morgan fingerprint density at radius 2 is 0.975 bits per heavy atom. The summed E-state index contributed by atoms with van der Waals surface area (Å²) in [6, 6.07) is 9.73. The number of nitrogens with zero attached hydrogens (tertiary/aromatic N) is 4. The molecule has 2 aromatic carbocycles. The van der Waals surface area contributed by atoms with Gasteiger partial charge < -0.3 is 57.2 Å². The average Bonchev–Trinajstić information content (AvgIpc) is 4.37. The van der Waals surface area contributed by atoms with Crippen LogP contribution in [0, 0.1) is 11.8 Å². The molecule has 4 fully saturated rings. The molecule has 7 aliphatic rings. The van der Waals surface area contributed by atoms with Crippen molar-refractivity contribution < 1.29 is 38.4 Å². The number of carbonyl (C=O) groups excluding carboxylic acids is 8. The zero-order chi connectivity index (χ0) is 57.3. The molecule has 2 saturated carbocycles. The zero-order valence-electron chi connectivity index (χ0n) is 48.0. The second kappa shape index (κ2) is 26.9. The van der Waals surface area contributed by atoms with Gasteiger partial charge in [-0.3, -0.25) is 43.3 Å². The number of hydrogen-bond acceptors (Lipinski definition) is 12. The molecular formula is C61H86N12O8. The Kier molecular flexibility index (Phi) is 19.6. The molecule has 0 aromatic heterocycles. The number of likely N-dealkylation sites (tertiary alicyclic amines) is 2. The fourth-order valence-electron chi connectivity index (χ4n) is 13.6.